The number of aromatic nitrogens is 2. The summed E-state index contributed by atoms with van der Waals surface area (Å²) in [5, 5.41) is 7.06. The van der Waals surface area contributed by atoms with Crippen LogP contribution in [-0.2, 0) is 20.5 Å². The van der Waals surface area contributed by atoms with Crippen molar-refractivity contribution in [2.45, 2.75) is 83.7 Å². The fourth-order valence-electron chi connectivity index (χ4n) is 4.38. The molecule has 0 radical (unpaired) electrons. The zero-order valence-corrected chi connectivity index (χ0v) is 20.9. The van der Waals surface area contributed by atoms with Crippen LogP contribution in [0, 0.1) is 5.92 Å². The Morgan fingerprint density at radius 2 is 1.83 bits per heavy atom. The van der Waals surface area contributed by atoms with Crippen molar-refractivity contribution >= 4 is 18.2 Å². The Hall–Kier alpha value is -3.17. The number of alkyl halides is 3. The average Bonchev–Trinajstić information content (AvgIpc) is 3.46. The number of halogens is 3. The van der Waals surface area contributed by atoms with Crippen LogP contribution in [0.3, 0.4) is 0 Å². The van der Waals surface area contributed by atoms with E-state index >= 15 is 0 Å². The lowest BCUT2D eigenvalue weighted by Crippen LogP contribution is -2.44. The molecule has 196 valence electrons. The lowest BCUT2D eigenvalue weighted by molar-refractivity contribution is -0.160. The quantitative estimate of drug-likeness (QED) is 0.384. The SMILES string of the molecule is CC(C(=O)OC(C)(C)C)[C@H](CC=O)NC(=O)c1cc(-c2ccccc2C(F)(F)F)n(C2CCCC2)n1. The van der Waals surface area contributed by atoms with Crippen molar-refractivity contribution in [3.05, 3.63) is 41.6 Å². The predicted molar refractivity (Wildman–Crippen MR) is 127 cm³/mol. The van der Waals surface area contributed by atoms with E-state index in [0.29, 0.717) is 6.29 Å². The highest BCUT2D eigenvalue weighted by Gasteiger charge is 2.36. The number of hydrogen-bond acceptors (Lipinski definition) is 5. The Labute approximate surface area is 208 Å². The summed E-state index contributed by atoms with van der Waals surface area (Å²) in [6.45, 7) is 6.67. The maximum absolute atomic E-state index is 13.8. The largest absolute Gasteiger partial charge is 0.460 e. The van der Waals surface area contributed by atoms with Crippen LogP contribution in [0.1, 0.15) is 81.9 Å². The normalized spacial score (nSPS) is 16.4. The minimum absolute atomic E-state index is 0.0602. The first-order valence-corrected chi connectivity index (χ1v) is 12.1. The zero-order valence-electron chi connectivity index (χ0n) is 20.9. The third-order valence-electron chi connectivity index (χ3n) is 6.20. The van der Waals surface area contributed by atoms with Crippen LogP contribution >= 0.6 is 0 Å². The lowest BCUT2D eigenvalue weighted by atomic mass is 9.98. The van der Waals surface area contributed by atoms with Gasteiger partial charge in [0.15, 0.2) is 5.69 Å². The van der Waals surface area contributed by atoms with Crippen LogP contribution in [0.5, 0.6) is 0 Å². The summed E-state index contributed by atoms with van der Waals surface area (Å²) in [6, 6.07) is 5.55. The van der Waals surface area contributed by atoms with Crippen molar-refractivity contribution in [2.24, 2.45) is 5.92 Å². The number of carbonyl (C=O) groups excluding carboxylic acids is 3. The molecule has 0 aliphatic heterocycles. The Kier molecular flexibility index (Phi) is 8.26. The molecule has 1 aliphatic carbocycles. The molecule has 1 N–H and O–H groups in total. The van der Waals surface area contributed by atoms with Crippen molar-refractivity contribution in [1.29, 1.82) is 0 Å². The third-order valence-corrected chi connectivity index (χ3v) is 6.20. The fraction of sp³-hybridized carbons (Fsp3) is 0.538. The van der Waals surface area contributed by atoms with E-state index in [1.165, 1.54) is 28.9 Å². The molecule has 1 aliphatic rings. The van der Waals surface area contributed by atoms with Crippen molar-refractivity contribution < 1.29 is 32.3 Å². The summed E-state index contributed by atoms with van der Waals surface area (Å²) in [5.41, 5.74) is -1.50. The van der Waals surface area contributed by atoms with Gasteiger partial charge in [0, 0.05) is 18.0 Å². The number of rotatable bonds is 8. The van der Waals surface area contributed by atoms with Gasteiger partial charge in [-0.1, -0.05) is 31.0 Å². The monoisotopic (exact) mass is 507 g/mol. The zero-order chi connectivity index (χ0) is 26.7. The van der Waals surface area contributed by atoms with E-state index in [2.05, 4.69) is 10.4 Å². The van der Waals surface area contributed by atoms with Crippen LogP contribution < -0.4 is 5.32 Å². The smallest absolute Gasteiger partial charge is 0.417 e. The van der Waals surface area contributed by atoms with Gasteiger partial charge in [-0.2, -0.15) is 18.3 Å². The molecule has 7 nitrogen and oxygen atoms in total. The molecule has 3 rings (SSSR count). The number of benzene rings is 1. The molecule has 1 fully saturated rings. The van der Waals surface area contributed by atoms with Gasteiger partial charge in [-0.3, -0.25) is 14.3 Å². The molecule has 0 saturated heterocycles. The molecule has 36 heavy (non-hydrogen) atoms. The van der Waals surface area contributed by atoms with Gasteiger partial charge in [0.25, 0.3) is 5.91 Å². The van der Waals surface area contributed by atoms with Crippen molar-refractivity contribution in [3.63, 3.8) is 0 Å². The maximum Gasteiger partial charge on any atom is 0.417 e. The highest BCUT2D eigenvalue weighted by Crippen LogP contribution is 2.40. The predicted octanol–water partition coefficient (Wildman–Crippen LogP) is 5.35. The number of aldehydes is 1. The summed E-state index contributed by atoms with van der Waals surface area (Å²) in [5.74, 6) is -2.09. The molecule has 1 heterocycles. The number of hydrogen-bond donors (Lipinski definition) is 1. The van der Waals surface area contributed by atoms with Gasteiger partial charge in [0.2, 0.25) is 0 Å². The standard InChI is InChI=1S/C26H32F3N3O4/c1-16(24(35)36-25(2,3)4)20(13-14-33)30-23(34)21-15-22(32(31-21)17-9-5-6-10-17)18-11-7-8-12-19(18)26(27,28)29/h7-8,11-12,14-17,20H,5-6,9-10,13H2,1-4H3,(H,30,34)/t16?,20-/m0/s1. The van der Waals surface area contributed by atoms with Gasteiger partial charge < -0.3 is 14.8 Å². The maximum atomic E-state index is 13.8. The molecule has 2 atom stereocenters. The molecule has 1 aromatic carbocycles. The molecule has 10 heteroatoms. The van der Waals surface area contributed by atoms with Gasteiger partial charge in [0.1, 0.15) is 11.9 Å². The minimum Gasteiger partial charge on any atom is -0.460 e. The fourth-order valence-corrected chi connectivity index (χ4v) is 4.38. The first kappa shape index (κ1) is 27.4. The van der Waals surface area contributed by atoms with Crippen molar-refractivity contribution in [1.82, 2.24) is 15.1 Å². The highest BCUT2D eigenvalue weighted by molar-refractivity contribution is 5.94. The van der Waals surface area contributed by atoms with Crippen molar-refractivity contribution in [2.75, 3.05) is 0 Å². The molecule has 0 bridgehead atoms. The molecule has 1 amide bonds. The number of amides is 1. The number of carbonyl (C=O) groups is 3. The van der Waals surface area contributed by atoms with Gasteiger partial charge in [-0.25, -0.2) is 0 Å². The molecular weight excluding hydrogens is 475 g/mol. The highest BCUT2D eigenvalue weighted by atomic mass is 19.4. The summed E-state index contributed by atoms with van der Waals surface area (Å²) in [7, 11) is 0. The molecule has 2 aromatic rings. The number of ether oxygens (including phenoxy) is 1. The lowest BCUT2D eigenvalue weighted by Gasteiger charge is -2.26. The van der Waals surface area contributed by atoms with Gasteiger partial charge in [0.05, 0.1) is 23.2 Å². The van der Waals surface area contributed by atoms with E-state index in [1.807, 2.05) is 0 Å². The minimum atomic E-state index is -4.58. The number of nitrogens with zero attached hydrogens (tertiary/aromatic N) is 2. The first-order chi connectivity index (χ1) is 16.8. The number of esters is 1. The number of nitrogens with one attached hydrogen (secondary N) is 1. The average molecular weight is 508 g/mol. The molecule has 1 aromatic heterocycles. The van der Waals surface area contributed by atoms with E-state index in [9.17, 15) is 27.6 Å². The van der Waals surface area contributed by atoms with E-state index in [-0.39, 0.29) is 29.4 Å². The van der Waals surface area contributed by atoms with E-state index in [0.717, 1.165) is 31.7 Å². The molecule has 1 saturated carbocycles. The molecule has 0 spiro atoms. The topological polar surface area (TPSA) is 90.3 Å². The van der Waals surface area contributed by atoms with Crippen LogP contribution in [0.2, 0.25) is 0 Å². The second-order valence-electron chi connectivity index (χ2n) is 10.1. The van der Waals surface area contributed by atoms with E-state index in [4.69, 9.17) is 4.74 Å². The van der Waals surface area contributed by atoms with Crippen LogP contribution in [0.15, 0.2) is 30.3 Å². The Bertz CT molecular complexity index is 1100. The van der Waals surface area contributed by atoms with Crippen LogP contribution in [0.25, 0.3) is 11.3 Å². The van der Waals surface area contributed by atoms with Crippen molar-refractivity contribution in [3.8, 4) is 11.3 Å². The second kappa shape index (κ2) is 10.8. The molecule has 1 unspecified atom stereocenters. The summed E-state index contributed by atoms with van der Waals surface area (Å²) >= 11 is 0. The molecular formula is C26H32F3N3O4. The van der Waals surface area contributed by atoms with Gasteiger partial charge in [-0.05, 0) is 52.7 Å². The Morgan fingerprint density at radius 3 is 2.42 bits per heavy atom. The summed E-state index contributed by atoms with van der Waals surface area (Å²) < 4.78 is 48.2. The summed E-state index contributed by atoms with van der Waals surface area (Å²) in [6.07, 6.45) is -0.807. The van der Waals surface area contributed by atoms with Crippen LogP contribution in [0.4, 0.5) is 13.2 Å². The Morgan fingerprint density at radius 1 is 1.19 bits per heavy atom. The van der Waals surface area contributed by atoms with Crippen LogP contribution in [-0.4, -0.2) is 39.6 Å². The second-order valence-corrected chi connectivity index (χ2v) is 10.1. The van der Waals surface area contributed by atoms with Gasteiger partial charge in [-0.15, -0.1) is 0 Å². The summed E-state index contributed by atoms with van der Waals surface area (Å²) in [4.78, 5) is 36.9. The van der Waals surface area contributed by atoms with E-state index in [1.54, 1.807) is 27.7 Å². The van der Waals surface area contributed by atoms with Gasteiger partial charge >= 0.3 is 12.1 Å². The third kappa shape index (κ3) is 6.53. The van der Waals surface area contributed by atoms with E-state index < -0.39 is 41.2 Å². The first-order valence-electron chi connectivity index (χ1n) is 12.1. The Balaban J connectivity index is 1.95.